The fraction of sp³-hybridized carbons (Fsp3) is 0.429. The van der Waals surface area contributed by atoms with Crippen LogP contribution in [-0.4, -0.2) is 22.2 Å². The molecule has 0 fully saturated rings. The Morgan fingerprint density at radius 3 is 2.74 bits per heavy atom. The third kappa shape index (κ3) is 3.62. The number of hydrogen-bond donors (Lipinski definition) is 1. The van der Waals surface area contributed by atoms with Crippen molar-refractivity contribution in [2.45, 2.75) is 38.1 Å². The second-order valence-electron chi connectivity index (χ2n) is 4.75. The Morgan fingerprint density at radius 2 is 2.16 bits per heavy atom. The number of non-ortho nitro benzene ring substituents is 1. The summed E-state index contributed by atoms with van der Waals surface area (Å²) in [6.45, 7) is 1.99. The molecule has 1 N–H and O–H groups in total. The minimum absolute atomic E-state index is 0.0263. The largest absolute Gasteiger partial charge is 0.388 e. The zero-order chi connectivity index (χ0) is 13.8. The number of aliphatic hydroxyl groups is 1. The Labute approximate surface area is 111 Å². The van der Waals surface area contributed by atoms with Gasteiger partial charge in [-0.1, -0.05) is 12.2 Å². The summed E-state index contributed by atoms with van der Waals surface area (Å²) in [4.78, 5) is 10.1. The van der Waals surface area contributed by atoms with Crippen molar-refractivity contribution in [2.24, 2.45) is 0 Å². The van der Waals surface area contributed by atoms with Crippen molar-refractivity contribution in [3.05, 3.63) is 52.1 Å². The van der Waals surface area contributed by atoms with E-state index in [0.717, 1.165) is 6.42 Å². The van der Waals surface area contributed by atoms with Crippen LogP contribution in [0.4, 0.5) is 5.69 Å². The Morgan fingerprint density at radius 1 is 1.47 bits per heavy atom. The number of hydrogen-bond acceptors (Lipinski definition) is 4. The number of aliphatic hydroxyl groups excluding tert-OH is 1. The Balaban J connectivity index is 1.99. The van der Waals surface area contributed by atoms with Crippen molar-refractivity contribution < 1.29 is 14.8 Å². The topological polar surface area (TPSA) is 72.6 Å². The van der Waals surface area contributed by atoms with Gasteiger partial charge in [-0.25, -0.2) is 0 Å². The average molecular weight is 263 g/mol. The van der Waals surface area contributed by atoms with Gasteiger partial charge in [-0.05, 0) is 31.0 Å². The van der Waals surface area contributed by atoms with E-state index in [9.17, 15) is 15.2 Å². The first kappa shape index (κ1) is 13.7. The van der Waals surface area contributed by atoms with Crippen molar-refractivity contribution in [1.82, 2.24) is 0 Å². The number of ether oxygens (including phenoxy) is 1. The third-order valence-electron chi connectivity index (χ3n) is 3.17. The zero-order valence-corrected chi connectivity index (χ0v) is 10.7. The van der Waals surface area contributed by atoms with E-state index < -0.39 is 11.0 Å². The predicted molar refractivity (Wildman–Crippen MR) is 70.8 cm³/mol. The number of rotatable bonds is 4. The standard InChI is InChI=1S/C14H17NO4/c1-10-3-2-4-13(19-10)9-14(16)11-5-7-12(8-6-11)15(17)18/h2,4-8,10,13-14,16H,3,9H2,1H3/t10-,13-,14?/m1/s1. The average Bonchev–Trinajstić information content (AvgIpc) is 2.39. The highest BCUT2D eigenvalue weighted by atomic mass is 16.6. The first-order valence-electron chi connectivity index (χ1n) is 6.31. The summed E-state index contributed by atoms with van der Waals surface area (Å²) in [5, 5.41) is 20.7. The molecule has 0 aromatic heterocycles. The molecule has 1 aliphatic rings. The van der Waals surface area contributed by atoms with Crippen LogP contribution in [-0.2, 0) is 4.74 Å². The fourth-order valence-electron chi connectivity index (χ4n) is 2.13. The lowest BCUT2D eigenvalue weighted by atomic mass is 10.0. The highest BCUT2D eigenvalue weighted by Crippen LogP contribution is 2.25. The van der Waals surface area contributed by atoms with Crippen LogP contribution >= 0.6 is 0 Å². The molecule has 1 heterocycles. The molecule has 2 rings (SSSR count). The molecule has 1 aromatic rings. The molecular formula is C14H17NO4. The monoisotopic (exact) mass is 263 g/mol. The molecule has 0 bridgehead atoms. The lowest BCUT2D eigenvalue weighted by Gasteiger charge is -2.25. The molecule has 1 aliphatic heterocycles. The molecule has 5 nitrogen and oxygen atoms in total. The summed E-state index contributed by atoms with van der Waals surface area (Å²) < 4.78 is 5.69. The summed E-state index contributed by atoms with van der Waals surface area (Å²) in [6, 6.07) is 5.97. The summed E-state index contributed by atoms with van der Waals surface area (Å²) in [5.74, 6) is 0. The van der Waals surface area contributed by atoms with Gasteiger partial charge in [0.05, 0.1) is 23.2 Å². The first-order chi connectivity index (χ1) is 9.06. The highest BCUT2D eigenvalue weighted by Gasteiger charge is 2.19. The molecule has 1 unspecified atom stereocenters. The van der Waals surface area contributed by atoms with Crippen LogP contribution in [0.3, 0.4) is 0 Å². The van der Waals surface area contributed by atoms with Gasteiger partial charge in [0, 0.05) is 18.6 Å². The molecule has 102 valence electrons. The summed E-state index contributed by atoms with van der Waals surface area (Å²) >= 11 is 0. The normalized spacial score (nSPS) is 24.1. The van der Waals surface area contributed by atoms with Crippen molar-refractivity contribution in [1.29, 1.82) is 0 Å². The van der Waals surface area contributed by atoms with Gasteiger partial charge in [0.15, 0.2) is 0 Å². The van der Waals surface area contributed by atoms with Gasteiger partial charge >= 0.3 is 0 Å². The molecule has 19 heavy (non-hydrogen) atoms. The van der Waals surface area contributed by atoms with E-state index in [1.165, 1.54) is 12.1 Å². The molecule has 0 radical (unpaired) electrons. The van der Waals surface area contributed by atoms with E-state index in [-0.39, 0.29) is 17.9 Å². The lowest BCUT2D eigenvalue weighted by molar-refractivity contribution is -0.384. The molecule has 0 aliphatic carbocycles. The Kier molecular flexibility index (Phi) is 4.29. The van der Waals surface area contributed by atoms with Gasteiger partial charge in [0.25, 0.3) is 5.69 Å². The van der Waals surface area contributed by atoms with Crippen LogP contribution in [0.2, 0.25) is 0 Å². The van der Waals surface area contributed by atoms with Gasteiger partial charge in [-0.2, -0.15) is 0 Å². The van der Waals surface area contributed by atoms with Crippen molar-refractivity contribution in [3.63, 3.8) is 0 Å². The van der Waals surface area contributed by atoms with Crippen LogP contribution in [0.25, 0.3) is 0 Å². The van der Waals surface area contributed by atoms with Crippen LogP contribution in [0.5, 0.6) is 0 Å². The molecule has 5 heteroatoms. The van der Waals surface area contributed by atoms with Crippen LogP contribution in [0.15, 0.2) is 36.4 Å². The van der Waals surface area contributed by atoms with E-state index in [1.807, 2.05) is 13.0 Å². The van der Waals surface area contributed by atoms with Crippen molar-refractivity contribution in [2.75, 3.05) is 0 Å². The van der Waals surface area contributed by atoms with Crippen molar-refractivity contribution in [3.8, 4) is 0 Å². The molecular weight excluding hydrogens is 246 g/mol. The first-order valence-corrected chi connectivity index (χ1v) is 6.31. The zero-order valence-electron chi connectivity index (χ0n) is 10.7. The van der Waals surface area contributed by atoms with E-state index in [4.69, 9.17) is 4.74 Å². The quantitative estimate of drug-likeness (QED) is 0.515. The predicted octanol–water partition coefficient (Wildman–Crippen LogP) is 2.75. The number of benzene rings is 1. The summed E-state index contributed by atoms with van der Waals surface area (Å²) in [5.41, 5.74) is 0.694. The number of nitro groups is 1. The minimum Gasteiger partial charge on any atom is -0.388 e. The lowest BCUT2D eigenvalue weighted by Crippen LogP contribution is -2.23. The van der Waals surface area contributed by atoms with E-state index in [2.05, 4.69) is 6.08 Å². The highest BCUT2D eigenvalue weighted by molar-refractivity contribution is 5.33. The molecule has 1 aromatic carbocycles. The smallest absolute Gasteiger partial charge is 0.269 e. The summed E-state index contributed by atoms with van der Waals surface area (Å²) in [7, 11) is 0. The molecule has 0 saturated carbocycles. The molecule has 0 amide bonds. The summed E-state index contributed by atoms with van der Waals surface area (Å²) in [6.07, 6.45) is 4.74. The molecule has 0 saturated heterocycles. The SMILES string of the molecule is C[C@@H]1CC=C[C@H](CC(O)c2ccc([N+](=O)[O-])cc2)O1. The molecule has 3 atom stereocenters. The maximum atomic E-state index is 10.5. The number of nitro benzene ring substituents is 1. The Bertz CT molecular complexity index is 469. The van der Waals surface area contributed by atoms with Gasteiger partial charge < -0.3 is 9.84 Å². The van der Waals surface area contributed by atoms with Crippen LogP contribution in [0, 0.1) is 10.1 Å². The van der Waals surface area contributed by atoms with Gasteiger partial charge in [0.1, 0.15) is 0 Å². The Hall–Kier alpha value is -1.72. The molecule has 0 spiro atoms. The van der Waals surface area contributed by atoms with E-state index in [1.54, 1.807) is 12.1 Å². The fourth-order valence-corrected chi connectivity index (χ4v) is 2.13. The second-order valence-corrected chi connectivity index (χ2v) is 4.75. The second kappa shape index (κ2) is 5.95. The number of nitrogens with zero attached hydrogens (tertiary/aromatic N) is 1. The maximum Gasteiger partial charge on any atom is 0.269 e. The minimum atomic E-state index is -0.680. The van der Waals surface area contributed by atoms with Gasteiger partial charge in [-0.3, -0.25) is 10.1 Å². The van der Waals surface area contributed by atoms with Gasteiger partial charge in [0.2, 0.25) is 0 Å². The van der Waals surface area contributed by atoms with E-state index >= 15 is 0 Å². The maximum absolute atomic E-state index is 10.5. The van der Waals surface area contributed by atoms with E-state index in [0.29, 0.717) is 12.0 Å². The van der Waals surface area contributed by atoms with Gasteiger partial charge in [-0.15, -0.1) is 0 Å². The van der Waals surface area contributed by atoms with Crippen LogP contribution < -0.4 is 0 Å². The van der Waals surface area contributed by atoms with Crippen LogP contribution in [0.1, 0.15) is 31.4 Å². The van der Waals surface area contributed by atoms with Crippen molar-refractivity contribution >= 4 is 5.69 Å². The third-order valence-corrected chi connectivity index (χ3v) is 3.17.